The average molecular weight is 406 g/mol. The number of nitrogens with two attached hydrogens (primary N) is 1. The van der Waals surface area contributed by atoms with Crippen molar-refractivity contribution in [3.8, 4) is 0 Å². The topological polar surface area (TPSA) is 58.3 Å². The standard InChI is InChI=1S/C19H20F6N2O/c1-11(28)16(26)17(13-5-3-2-4-6-13)27-10-12-7-14(18(20,21)22)9-15(8-12)19(23,24)25/h2-9,11,16-17,27-28H,10,26H2,1H3/t11-,16-,17?/m1/s1. The van der Waals surface area contributed by atoms with Gasteiger partial charge < -0.3 is 16.2 Å². The second kappa shape index (κ2) is 8.50. The minimum absolute atomic E-state index is 0.0830. The minimum Gasteiger partial charge on any atom is -0.392 e. The molecule has 2 rings (SSSR count). The number of hydrogen-bond acceptors (Lipinski definition) is 3. The van der Waals surface area contributed by atoms with E-state index in [2.05, 4.69) is 5.32 Å². The van der Waals surface area contributed by atoms with Gasteiger partial charge in [0, 0.05) is 12.6 Å². The number of aliphatic hydroxyl groups excluding tert-OH is 1. The van der Waals surface area contributed by atoms with Crippen LogP contribution in [0.2, 0.25) is 0 Å². The van der Waals surface area contributed by atoms with Crippen LogP contribution in [-0.4, -0.2) is 17.3 Å². The summed E-state index contributed by atoms with van der Waals surface area (Å²) in [6, 6.07) is 8.49. The lowest BCUT2D eigenvalue weighted by atomic mass is 9.96. The summed E-state index contributed by atoms with van der Waals surface area (Å²) in [4.78, 5) is 0. The van der Waals surface area contributed by atoms with E-state index < -0.39 is 41.7 Å². The van der Waals surface area contributed by atoms with E-state index in [1.165, 1.54) is 6.92 Å². The molecule has 0 fully saturated rings. The van der Waals surface area contributed by atoms with Crippen molar-refractivity contribution in [2.75, 3.05) is 0 Å². The molecule has 0 aliphatic carbocycles. The van der Waals surface area contributed by atoms with Crippen molar-refractivity contribution in [1.29, 1.82) is 0 Å². The van der Waals surface area contributed by atoms with Crippen molar-refractivity contribution < 1.29 is 31.4 Å². The first-order valence-corrected chi connectivity index (χ1v) is 8.40. The van der Waals surface area contributed by atoms with E-state index in [1.807, 2.05) is 0 Å². The summed E-state index contributed by atoms with van der Waals surface area (Å²) in [6.07, 6.45) is -10.8. The lowest BCUT2D eigenvalue weighted by Gasteiger charge is -2.28. The van der Waals surface area contributed by atoms with Crippen molar-refractivity contribution in [1.82, 2.24) is 5.32 Å². The summed E-state index contributed by atoms with van der Waals surface area (Å²) >= 11 is 0. The van der Waals surface area contributed by atoms with Crippen molar-refractivity contribution in [3.05, 3.63) is 70.8 Å². The number of alkyl halides is 6. The van der Waals surface area contributed by atoms with Crippen LogP contribution >= 0.6 is 0 Å². The van der Waals surface area contributed by atoms with Crippen LogP contribution in [0.15, 0.2) is 48.5 Å². The molecule has 0 aromatic heterocycles. The Kier molecular flexibility index (Phi) is 6.74. The van der Waals surface area contributed by atoms with Gasteiger partial charge in [-0.2, -0.15) is 26.3 Å². The third-order valence-electron chi connectivity index (χ3n) is 4.27. The largest absolute Gasteiger partial charge is 0.416 e. The van der Waals surface area contributed by atoms with Gasteiger partial charge in [-0.25, -0.2) is 0 Å². The Bertz CT molecular complexity index is 742. The van der Waals surface area contributed by atoms with Gasteiger partial charge in [0.2, 0.25) is 0 Å². The maximum Gasteiger partial charge on any atom is 0.416 e. The van der Waals surface area contributed by atoms with Crippen LogP contribution < -0.4 is 11.1 Å². The summed E-state index contributed by atoms with van der Waals surface area (Å²) in [5, 5.41) is 12.7. The summed E-state index contributed by atoms with van der Waals surface area (Å²) in [6.45, 7) is 1.15. The van der Waals surface area contributed by atoms with E-state index in [-0.39, 0.29) is 18.2 Å². The van der Waals surface area contributed by atoms with Gasteiger partial charge >= 0.3 is 12.4 Å². The van der Waals surface area contributed by atoms with E-state index in [1.54, 1.807) is 30.3 Å². The fraction of sp³-hybridized carbons (Fsp3) is 0.368. The number of aliphatic hydroxyl groups is 1. The van der Waals surface area contributed by atoms with Crippen LogP contribution in [0, 0.1) is 0 Å². The summed E-state index contributed by atoms with van der Waals surface area (Å²) < 4.78 is 78.0. The molecular formula is C19H20F6N2O. The highest BCUT2D eigenvalue weighted by atomic mass is 19.4. The second-order valence-corrected chi connectivity index (χ2v) is 6.50. The summed E-state index contributed by atoms with van der Waals surface area (Å²) in [5.74, 6) is 0. The molecule has 3 atom stereocenters. The molecule has 9 heteroatoms. The van der Waals surface area contributed by atoms with E-state index in [0.29, 0.717) is 17.7 Å². The van der Waals surface area contributed by atoms with Gasteiger partial charge in [-0.1, -0.05) is 30.3 Å². The Labute approximate surface area is 158 Å². The van der Waals surface area contributed by atoms with E-state index in [9.17, 15) is 31.4 Å². The normalized spacial score (nSPS) is 15.9. The Morgan fingerprint density at radius 3 is 1.86 bits per heavy atom. The van der Waals surface area contributed by atoms with Gasteiger partial charge in [-0.15, -0.1) is 0 Å². The summed E-state index contributed by atoms with van der Waals surface area (Å²) in [5.41, 5.74) is 3.68. The molecule has 28 heavy (non-hydrogen) atoms. The first kappa shape index (κ1) is 22.2. The van der Waals surface area contributed by atoms with Gasteiger partial charge in [0.15, 0.2) is 0 Å². The second-order valence-electron chi connectivity index (χ2n) is 6.50. The van der Waals surface area contributed by atoms with Gasteiger partial charge in [0.25, 0.3) is 0 Å². The molecule has 0 bridgehead atoms. The van der Waals surface area contributed by atoms with Crippen LogP contribution in [-0.2, 0) is 18.9 Å². The molecule has 0 aliphatic heterocycles. The quantitative estimate of drug-likeness (QED) is 0.629. The molecule has 0 aliphatic rings. The maximum atomic E-state index is 13.0. The fourth-order valence-electron chi connectivity index (χ4n) is 2.76. The van der Waals surface area contributed by atoms with Crippen LogP contribution in [0.25, 0.3) is 0 Å². The van der Waals surface area contributed by atoms with Crippen LogP contribution in [0.1, 0.15) is 35.2 Å². The molecule has 0 saturated heterocycles. The highest BCUT2D eigenvalue weighted by Gasteiger charge is 2.37. The Morgan fingerprint density at radius 2 is 1.43 bits per heavy atom. The zero-order valence-electron chi connectivity index (χ0n) is 14.9. The van der Waals surface area contributed by atoms with Gasteiger partial charge in [-0.3, -0.25) is 0 Å². The number of halogens is 6. The molecule has 4 N–H and O–H groups in total. The van der Waals surface area contributed by atoms with Gasteiger partial charge in [0.05, 0.1) is 23.3 Å². The number of hydrogen-bond donors (Lipinski definition) is 3. The molecule has 0 radical (unpaired) electrons. The minimum atomic E-state index is -4.91. The Balaban J connectivity index is 2.34. The third kappa shape index (κ3) is 5.70. The Hall–Kier alpha value is -2.10. The van der Waals surface area contributed by atoms with E-state index in [4.69, 9.17) is 5.73 Å². The van der Waals surface area contributed by atoms with Gasteiger partial charge in [0.1, 0.15) is 0 Å². The SMILES string of the molecule is C[C@@H](O)[C@@H](N)C(NCc1cc(C(F)(F)F)cc(C(F)(F)F)c1)c1ccccc1. The monoisotopic (exact) mass is 406 g/mol. The highest BCUT2D eigenvalue weighted by molar-refractivity contribution is 5.34. The third-order valence-corrected chi connectivity index (χ3v) is 4.27. The number of nitrogens with one attached hydrogen (secondary N) is 1. The van der Waals surface area contributed by atoms with Crippen LogP contribution in [0.3, 0.4) is 0 Å². The Morgan fingerprint density at radius 1 is 0.929 bits per heavy atom. The zero-order chi connectivity index (χ0) is 21.1. The fourth-order valence-corrected chi connectivity index (χ4v) is 2.76. The predicted octanol–water partition coefficient (Wildman–Crippen LogP) is 4.26. The average Bonchev–Trinajstić information content (AvgIpc) is 2.61. The molecule has 0 spiro atoms. The number of benzene rings is 2. The molecule has 0 amide bonds. The van der Waals surface area contributed by atoms with Crippen molar-refractivity contribution in [2.45, 2.75) is 44.0 Å². The lowest BCUT2D eigenvalue weighted by molar-refractivity contribution is -0.143. The number of rotatable bonds is 6. The van der Waals surface area contributed by atoms with Crippen LogP contribution in [0.5, 0.6) is 0 Å². The molecule has 2 aromatic rings. The van der Waals surface area contributed by atoms with E-state index >= 15 is 0 Å². The smallest absolute Gasteiger partial charge is 0.392 e. The molecule has 2 aromatic carbocycles. The van der Waals surface area contributed by atoms with Gasteiger partial charge in [-0.05, 0) is 36.2 Å². The first-order valence-electron chi connectivity index (χ1n) is 8.40. The molecular weight excluding hydrogens is 386 g/mol. The zero-order valence-corrected chi connectivity index (χ0v) is 14.9. The predicted molar refractivity (Wildman–Crippen MR) is 92.1 cm³/mol. The summed E-state index contributed by atoms with van der Waals surface area (Å²) in [7, 11) is 0. The molecule has 3 nitrogen and oxygen atoms in total. The van der Waals surface area contributed by atoms with Crippen LogP contribution in [0.4, 0.5) is 26.3 Å². The molecule has 154 valence electrons. The molecule has 0 heterocycles. The lowest BCUT2D eigenvalue weighted by Crippen LogP contribution is -2.44. The molecule has 1 unspecified atom stereocenters. The van der Waals surface area contributed by atoms with E-state index in [0.717, 1.165) is 0 Å². The maximum absolute atomic E-state index is 13.0. The first-order chi connectivity index (χ1) is 12.9. The van der Waals surface area contributed by atoms with Crippen molar-refractivity contribution in [2.24, 2.45) is 5.73 Å². The van der Waals surface area contributed by atoms with Crippen molar-refractivity contribution in [3.63, 3.8) is 0 Å². The molecule has 0 saturated carbocycles. The highest BCUT2D eigenvalue weighted by Crippen LogP contribution is 2.36. The van der Waals surface area contributed by atoms with Crippen molar-refractivity contribution >= 4 is 0 Å².